The van der Waals surface area contributed by atoms with Gasteiger partial charge >= 0.3 is 0 Å². The standard InChI is InChI=1S/C12H18N4O/c13-4-1-9-3-6-16(8-9)11-7-10(12(14)17)2-5-15-11/h2,5,7,9H,1,3-4,6,8,13H2,(H2,14,17). The SMILES string of the molecule is NCCC1CCN(c2cc(C(N)=O)ccn2)C1. The molecule has 4 N–H and O–H groups in total. The Hall–Kier alpha value is -1.62. The number of aromatic nitrogens is 1. The van der Waals surface area contributed by atoms with E-state index in [9.17, 15) is 4.79 Å². The topological polar surface area (TPSA) is 85.2 Å². The average Bonchev–Trinajstić information content (AvgIpc) is 2.78. The van der Waals surface area contributed by atoms with Crippen LogP contribution in [0.2, 0.25) is 0 Å². The highest BCUT2D eigenvalue weighted by Crippen LogP contribution is 2.24. The lowest BCUT2D eigenvalue weighted by Crippen LogP contribution is -2.22. The van der Waals surface area contributed by atoms with Crippen molar-refractivity contribution in [2.75, 3.05) is 24.5 Å². The van der Waals surface area contributed by atoms with E-state index in [0.29, 0.717) is 11.5 Å². The lowest BCUT2D eigenvalue weighted by atomic mass is 10.1. The minimum Gasteiger partial charge on any atom is -0.366 e. The largest absolute Gasteiger partial charge is 0.366 e. The lowest BCUT2D eigenvalue weighted by Gasteiger charge is -2.17. The van der Waals surface area contributed by atoms with Crippen LogP contribution in [0.4, 0.5) is 5.82 Å². The van der Waals surface area contributed by atoms with Gasteiger partial charge in [-0.3, -0.25) is 4.79 Å². The van der Waals surface area contributed by atoms with E-state index in [4.69, 9.17) is 11.5 Å². The van der Waals surface area contributed by atoms with Gasteiger partial charge in [0, 0.05) is 24.8 Å². The van der Waals surface area contributed by atoms with Gasteiger partial charge in [-0.2, -0.15) is 0 Å². The zero-order valence-corrected chi connectivity index (χ0v) is 9.80. The second kappa shape index (κ2) is 5.14. The molecular weight excluding hydrogens is 216 g/mol. The quantitative estimate of drug-likeness (QED) is 0.787. The molecule has 1 atom stereocenters. The van der Waals surface area contributed by atoms with Crippen molar-refractivity contribution < 1.29 is 4.79 Å². The maximum Gasteiger partial charge on any atom is 0.248 e. The summed E-state index contributed by atoms with van der Waals surface area (Å²) in [7, 11) is 0. The Kier molecular flexibility index (Phi) is 3.58. The number of carbonyl (C=O) groups excluding carboxylic acids is 1. The Morgan fingerprint density at radius 1 is 1.59 bits per heavy atom. The van der Waals surface area contributed by atoms with Crippen LogP contribution in [0.3, 0.4) is 0 Å². The highest BCUT2D eigenvalue weighted by molar-refractivity contribution is 5.93. The Morgan fingerprint density at radius 2 is 2.41 bits per heavy atom. The Morgan fingerprint density at radius 3 is 3.12 bits per heavy atom. The van der Waals surface area contributed by atoms with Crippen LogP contribution in [0.15, 0.2) is 18.3 Å². The maximum atomic E-state index is 11.1. The summed E-state index contributed by atoms with van der Waals surface area (Å²) in [6.07, 6.45) is 3.82. The molecule has 1 fully saturated rings. The normalized spacial score (nSPS) is 19.6. The molecule has 1 aromatic rings. The number of hydrogen-bond donors (Lipinski definition) is 2. The summed E-state index contributed by atoms with van der Waals surface area (Å²) >= 11 is 0. The van der Waals surface area contributed by atoms with Gasteiger partial charge in [-0.15, -0.1) is 0 Å². The van der Waals surface area contributed by atoms with Crippen molar-refractivity contribution in [1.82, 2.24) is 4.98 Å². The summed E-state index contributed by atoms with van der Waals surface area (Å²) in [6, 6.07) is 3.40. The number of nitrogens with zero attached hydrogens (tertiary/aromatic N) is 2. The van der Waals surface area contributed by atoms with Gasteiger partial charge in [0.05, 0.1) is 0 Å². The van der Waals surface area contributed by atoms with E-state index in [1.807, 2.05) is 0 Å². The number of amides is 1. The molecule has 5 nitrogen and oxygen atoms in total. The molecule has 1 unspecified atom stereocenters. The molecule has 0 aliphatic carbocycles. The van der Waals surface area contributed by atoms with E-state index in [2.05, 4.69) is 9.88 Å². The minimum absolute atomic E-state index is 0.411. The fourth-order valence-electron chi connectivity index (χ4n) is 2.26. The van der Waals surface area contributed by atoms with Crippen LogP contribution >= 0.6 is 0 Å². The molecule has 1 aromatic heterocycles. The number of rotatable bonds is 4. The fraction of sp³-hybridized carbons (Fsp3) is 0.500. The van der Waals surface area contributed by atoms with Crippen molar-refractivity contribution in [2.24, 2.45) is 17.4 Å². The van der Waals surface area contributed by atoms with Crippen molar-refractivity contribution in [3.05, 3.63) is 23.9 Å². The van der Waals surface area contributed by atoms with Crippen LogP contribution in [-0.2, 0) is 0 Å². The molecular formula is C12H18N4O. The first-order chi connectivity index (χ1) is 8.20. The van der Waals surface area contributed by atoms with Gasteiger partial charge < -0.3 is 16.4 Å². The summed E-state index contributed by atoms with van der Waals surface area (Å²) in [6.45, 7) is 2.67. The van der Waals surface area contributed by atoms with Gasteiger partial charge in [-0.1, -0.05) is 0 Å². The van der Waals surface area contributed by atoms with Gasteiger partial charge in [0.2, 0.25) is 5.91 Å². The van der Waals surface area contributed by atoms with E-state index >= 15 is 0 Å². The van der Waals surface area contributed by atoms with Gasteiger partial charge in [0.25, 0.3) is 0 Å². The second-order valence-electron chi connectivity index (χ2n) is 4.45. The summed E-state index contributed by atoms with van der Waals surface area (Å²) in [4.78, 5) is 17.6. The van der Waals surface area contributed by atoms with E-state index in [0.717, 1.165) is 38.3 Å². The van der Waals surface area contributed by atoms with Gasteiger partial charge in [-0.25, -0.2) is 4.98 Å². The van der Waals surface area contributed by atoms with E-state index < -0.39 is 5.91 Å². The maximum absolute atomic E-state index is 11.1. The van der Waals surface area contributed by atoms with Crippen molar-refractivity contribution in [1.29, 1.82) is 0 Å². The molecule has 2 rings (SSSR count). The third kappa shape index (κ3) is 2.74. The molecule has 0 radical (unpaired) electrons. The van der Waals surface area contributed by atoms with E-state index in [1.54, 1.807) is 18.3 Å². The first kappa shape index (κ1) is 11.9. The van der Waals surface area contributed by atoms with Crippen LogP contribution in [0.5, 0.6) is 0 Å². The number of nitrogens with two attached hydrogens (primary N) is 2. The average molecular weight is 234 g/mol. The van der Waals surface area contributed by atoms with Crippen LogP contribution in [0.25, 0.3) is 0 Å². The van der Waals surface area contributed by atoms with E-state index in [1.165, 1.54) is 0 Å². The van der Waals surface area contributed by atoms with Crippen molar-refractivity contribution in [2.45, 2.75) is 12.8 Å². The summed E-state index contributed by atoms with van der Waals surface area (Å²) < 4.78 is 0. The van der Waals surface area contributed by atoms with Crippen LogP contribution in [0.1, 0.15) is 23.2 Å². The smallest absolute Gasteiger partial charge is 0.248 e. The molecule has 92 valence electrons. The summed E-state index contributed by atoms with van der Waals surface area (Å²) in [5.74, 6) is 1.06. The fourth-order valence-corrected chi connectivity index (χ4v) is 2.26. The third-order valence-corrected chi connectivity index (χ3v) is 3.21. The number of hydrogen-bond acceptors (Lipinski definition) is 4. The highest BCUT2D eigenvalue weighted by atomic mass is 16.1. The summed E-state index contributed by atoms with van der Waals surface area (Å²) in [5.41, 5.74) is 11.3. The van der Waals surface area contributed by atoms with Crippen molar-refractivity contribution >= 4 is 11.7 Å². The Labute approximate surface area is 101 Å². The number of anilines is 1. The highest BCUT2D eigenvalue weighted by Gasteiger charge is 2.23. The molecule has 1 amide bonds. The monoisotopic (exact) mass is 234 g/mol. The number of pyridine rings is 1. The molecule has 0 spiro atoms. The first-order valence-electron chi connectivity index (χ1n) is 5.91. The molecule has 1 aliphatic heterocycles. The van der Waals surface area contributed by atoms with Gasteiger partial charge in [-0.05, 0) is 37.4 Å². The zero-order chi connectivity index (χ0) is 12.3. The zero-order valence-electron chi connectivity index (χ0n) is 9.80. The van der Waals surface area contributed by atoms with Gasteiger partial charge in [0.1, 0.15) is 5.82 Å². The second-order valence-corrected chi connectivity index (χ2v) is 4.45. The van der Waals surface area contributed by atoms with Crippen LogP contribution in [0, 0.1) is 5.92 Å². The molecule has 2 heterocycles. The first-order valence-corrected chi connectivity index (χ1v) is 5.91. The van der Waals surface area contributed by atoms with Crippen LogP contribution in [-0.4, -0.2) is 30.5 Å². The third-order valence-electron chi connectivity index (χ3n) is 3.21. The molecule has 0 bridgehead atoms. The van der Waals surface area contributed by atoms with Crippen LogP contribution < -0.4 is 16.4 Å². The van der Waals surface area contributed by atoms with E-state index in [-0.39, 0.29) is 0 Å². The molecule has 17 heavy (non-hydrogen) atoms. The summed E-state index contributed by atoms with van der Waals surface area (Å²) in [5, 5.41) is 0. The van der Waals surface area contributed by atoms with Crippen molar-refractivity contribution in [3.8, 4) is 0 Å². The molecule has 0 saturated carbocycles. The Balaban J connectivity index is 2.08. The molecule has 0 aromatic carbocycles. The number of carbonyl (C=O) groups is 1. The number of primary amides is 1. The predicted molar refractivity (Wildman–Crippen MR) is 66.7 cm³/mol. The van der Waals surface area contributed by atoms with Crippen molar-refractivity contribution in [3.63, 3.8) is 0 Å². The minimum atomic E-state index is -0.411. The molecule has 1 saturated heterocycles. The molecule has 1 aliphatic rings. The predicted octanol–water partition coefficient (Wildman–Crippen LogP) is 0.356. The Bertz CT molecular complexity index is 407. The lowest BCUT2D eigenvalue weighted by molar-refractivity contribution is 0.1000. The molecule has 5 heteroatoms. The van der Waals surface area contributed by atoms with Gasteiger partial charge in [0.15, 0.2) is 0 Å².